The van der Waals surface area contributed by atoms with Crippen LogP contribution in [0.1, 0.15) is 0 Å². The van der Waals surface area contributed by atoms with Crippen molar-refractivity contribution in [1.82, 2.24) is 0 Å². The first kappa shape index (κ1) is 15.6. The maximum absolute atomic E-state index is 5.99. The van der Waals surface area contributed by atoms with E-state index < -0.39 is 17.1 Å². The van der Waals surface area contributed by atoms with E-state index in [1.54, 1.807) is 28.4 Å². The zero-order valence-corrected chi connectivity index (χ0v) is 15.3. The van der Waals surface area contributed by atoms with Crippen LogP contribution >= 0.6 is 0 Å². The van der Waals surface area contributed by atoms with Gasteiger partial charge in [0, 0.05) is 49.2 Å². The zero-order valence-electron chi connectivity index (χ0n) is 13.3. The summed E-state index contributed by atoms with van der Waals surface area (Å²) >= 11 is 0. The Labute approximate surface area is 133 Å². The molecule has 0 aromatic heterocycles. The molecule has 0 fully saturated rings. The number of fused-ring (bicyclic) bond motifs is 2. The molecule has 0 saturated heterocycles. The molecule has 0 amide bonds. The molecule has 0 atom stereocenters. The van der Waals surface area contributed by atoms with Gasteiger partial charge in [0.25, 0.3) is 0 Å². The average Bonchev–Trinajstić information content (AvgIpc) is 2.60. The van der Waals surface area contributed by atoms with Gasteiger partial charge >= 0.3 is 17.1 Å². The lowest BCUT2D eigenvalue weighted by Gasteiger charge is -2.42. The van der Waals surface area contributed by atoms with Crippen LogP contribution in [0.3, 0.4) is 0 Å². The topological polar surface area (TPSA) is 36.9 Å². The Hall–Kier alpha value is -1.29. The summed E-state index contributed by atoms with van der Waals surface area (Å²) in [5.41, 5.74) is 0. The van der Waals surface area contributed by atoms with Gasteiger partial charge in [0.1, 0.15) is 0 Å². The second kappa shape index (κ2) is 5.73. The molecule has 0 aliphatic carbocycles. The molecule has 1 aliphatic heterocycles. The highest BCUT2D eigenvalue weighted by atomic mass is 28.4. The molecule has 1 heterocycles. The largest absolute Gasteiger partial charge is 0.406 e. The third-order valence-electron chi connectivity index (χ3n) is 4.42. The Morgan fingerprint density at radius 2 is 0.727 bits per heavy atom. The highest BCUT2D eigenvalue weighted by molar-refractivity contribution is 7.09. The van der Waals surface area contributed by atoms with Crippen molar-refractivity contribution in [3.63, 3.8) is 0 Å². The van der Waals surface area contributed by atoms with Crippen molar-refractivity contribution in [2.75, 3.05) is 28.4 Å². The quantitative estimate of drug-likeness (QED) is 0.721. The van der Waals surface area contributed by atoms with E-state index in [0.29, 0.717) is 0 Å². The van der Waals surface area contributed by atoms with Crippen molar-refractivity contribution in [3.05, 3.63) is 48.5 Å². The predicted molar refractivity (Wildman–Crippen MR) is 91.0 cm³/mol. The predicted octanol–water partition coefficient (Wildman–Crippen LogP) is -0.302. The van der Waals surface area contributed by atoms with Crippen LogP contribution in [0.2, 0.25) is 0 Å². The van der Waals surface area contributed by atoms with Gasteiger partial charge in [-0.25, -0.2) is 0 Å². The standard InChI is InChI=1S/C16H20O4Si2/c1-17-21(18-2)13-9-5-7-11-15(13)22(19-3,20-4)16-12-8-6-10-14(16)21/h5-12H,1-4H3. The summed E-state index contributed by atoms with van der Waals surface area (Å²) in [7, 11) is 1.44. The summed E-state index contributed by atoms with van der Waals surface area (Å²) in [6.45, 7) is 0. The van der Waals surface area contributed by atoms with Gasteiger partial charge in [0.2, 0.25) is 0 Å². The maximum atomic E-state index is 5.99. The van der Waals surface area contributed by atoms with Gasteiger partial charge in [-0.05, 0) is 0 Å². The molecule has 3 rings (SSSR count). The molecule has 1 aliphatic rings. The Balaban J connectivity index is 2.44. The Morgan fingerprint density at radius 1 is 0.500 bits per heavy atom. The van der Waals surface area contributed by atoms with Crippen molar-refractivity contribution < 1.29 is 17.7 Å². The fraction of sp³-hybridized carbons (Fsp3) is 0.250. The molecule has 0 N–H and O–H groups in total. The van der Waals surface area contributed by atoms with Gasteiger partial charge < -0.3 is 17.7 Å². The minimum absolute atomic E-state index is 1.08. The highest BCUT2D eigenvalue weighted by Gasteiger charge is 2.58. The van der Waals surface area contributed by atoms with E-state index in [2.05, 4.69) is 24.3 Å². The van der Waals surface area contributed by atoms with E-state index in [0.717, 1.165) is 20.7 Å². The molecule has 4 nitrogen and oxygen atoms in total. The van der Waals surface area contributed by atoms with Crippen molar-refractivity contribution >= 4 is 37.9 Å². The first-order chi connectivity index (χ1) is 10.7. The van der Waals surface area contributed by atoms with Gasteiger partial charge in [-0.3, -0.25) is 0 Å². The van der Waals surface area contributed by atoms with Crippen LogP contribution in [0, 0.1) is 0 Å². The molecule has 0 spiro atoms. The lowest BCUT2D eigenvalue weighted by Crippen LogP contribution is -2.84. The molecular formula is C16H20O4Si2. The molecule has 0 radical (unpaired) electrons. The summed E-state index contributed by atoms with van der Waals surface area (Å²) in [4.78, 5) is 0. The smallest absolute Gasteiger partial charge is 0.391 e. The first-order valence-electron chi connectivity index (χ1n) is 7.10. The third-order valence-corrected chi connectivity index (χ3v) is 11.8. The SMILES string of the molecule is CO[Si]1(OC)c2ccccc2[Si](OC)(OC)c2ccccc21. The number of rotatable bonds is 4. The van der Waals surface area contributed by atoms with Gasteiger partial charge in [-0.1, -0.05) is 48.5 Å². The minimum atomic E-state index is -2.72. The van der Waals surface area contributed by atoms with E-state index in [4.69, 9.17) is 17.7 Å². The molecule has 6 heteroatoms. The van der Waals surface area contributed by atoms with Crippen LogP contribution < -0.4 is 20.7 Å². The summed E-state index contributed by atoms with van der Waals surface area (Å²) in [5, 5.41) is 4.31. The summed E-state index contributed by atoms with van der Waals surface area (Å²) in [6.07, 6.45) is 0. The third kappa shape index (κ3) is 1.83. The van der Waals surface area contributed by atoms with E-state index >= 15 is 0 Å². The van der Waals surface area contributed by atoms with Crippen molar-refractivity contribution in [3.8, 4) is 0 Å². The van der Waals surface area contributed by atoms with Crippen LogP contribution in [-0.4, -0.2) is 45.6 Å². The normalized spacial score (nSPS) is 17.6. The number of benzene rings is 2. The van der Waals surface area contributed by atoms with E-state index in [1.807, 2.05) is 24.3 Å². The van der Waals surface area contributed by atoms with Gasteiger partial charge in [-0.2, -0.15) is 0 Å². The lowest BCUT2D eigenvalue weighted by atomic mass is 10.3. The molecule has 0 unspecified atom stereocenters. The second-order valence-electron chi connectivity index (χ2n) is 5.14. The van der Waals surface area contributed by atoms with Crippen molar-refractivity contribution in [2.45, 2.75) is 0 Å². The summed E-state index contributed by atoms with van der Waals surface area (Å²) < 4.78 is 24.0. The van der Waals surface area contributed by atoms with Crippen molar-refractivity contribution in [2.24, 2.45) is 0 Å². The Bertz CT molecular complexity index is 572. The fourth-order valence-electron chi connectivity index (χ4n) is 3.45. The summed E-state index contributed by atoms with van der Waals surface area (Å²) in [5.74, 6) is 0. The van der Waals surface area contributed by atoms with Crippen LogP contribution in [-0.2, 0) is 17.7 Å². The number of hydrogen-bond donors (Lipinski definition) is 0. The Kier molecular flexibility index (Phi) is 4.06. The van der Waals surface area contributed by atoms with Crippen LogP contribution in [0.4, 0.5) is 0 Å². The maximum Gasteiger partial charge on any atom is 0.406 e. The molecule has 0 saturated carbocycles. The van der Waals surface area contributed by atoms with E-state index in [-0.39, 0.29) is 0 Å². The highest BCUT2D eigenvalue weighted by Crippen LogP contribution is 2.17. The summed E-state index contributed by atoms with van der Waals surface area (Å²) in [6, 6.07) is 16.3. The molecule has 2 aromatic carbocycles. The van der Waals surface area contributed by atoms with E-state index in [9.17, 15) is 0 Å². The molecule has 116 valence electrons. The van der Waals surface area contributed by atoms with Gasteiger partial charge in [-0.15, -0.1) is 0 Å². The fourth-order valence-corrected chi connectivity index (χ4v) is 11.1. The monoisotopic (exact) mass is 332 g/mol. The second-order valence-corrected chi connectivity index (χ2v) is 11.4. The minimum Gasteiger partial charge on any atom is -0.391 e. The van der Waals surface area contributed by atoms with Gasteiger partial charge in [0.15, 0.2) is 0 Å². The van der Waals surface area contributed by atoms with Crippen LogP contribution in [0.25, 0.3) is 0 Å². The average molecular weight is 333 g/mol. The molecule has 0 bridgehead atoms. The molecular weight excluding hydrogens is 312 g/mol. The van der Waals surface area contributed by atoms with Crippen LogP contribution in [0.15, 0.2) is 48.5 Å². The Morgan fingerprint density at radius 3 is 0.909 bits per heavy atom. The molecule has 22 heavy (non-hydrogen) atoms. The van der Waals surface area contributed by atoms with Crippen LogP contribution in [0.5, 0.6) is 0 Å². The first-order valence-corrected chi connectivity index (χ1v) is 10.7. The van der Waals surface area contributed by atoms with Gasteiger partial charge in [0.05, 0.1) is 0 Å². The lowest BCUT2D eigenvalue weighted by molar-refractivity contribution is 0.263. The zero-order chi connectivity index (χ0) is 15.8. The van der Waals surface area contributed by atoms with E-state index in [1.165, 1.54) is 0 Å². The number of hydrogen-bond acceptors (Lipinski definition) is 4. The van der Waals surface area contributed by atoms with Crippen molar-refractivity contribution in [1.29, 1.82) is 0 Å². The molecule has 2 aromatic rings.